The van der Waals surface area contributed by atoms with Crippen molar-refractivity contribution in [1.29, 1.82) is 0 Å². The summed E-state index contributed by atoms with van der Waals surface area (Å²) in [5.41, 5.74) is 4.33. The average molecular weight is 1670 g/mol. The number of nitrogens with one attached hydrogen (secondary N) is 5. The highest BCUT2D eigenvalue weighted by molar-refractivity contribution is 7.90. The van der Waals surface area contributed by atoms with E-state index in [4.69, 9.17) is 52.6 Å². The molecule has 0 unspecified atom stereocenters. The summed E-state index contributed by atoms with van der Waals surface area (Å²) in [6.45, 7) is 7.40. The molecule has 6 heterocycles. The molecule has 15 bridgehead atoms. The van der Waals surface area contributed by atoms with E-state index in [2.05, 4.69) is 28.2 Å². The Labute approximate surface area is 685 Å². The molecule has 6 aromatic rings. The van der Waals surface area contributed by atoms with Gasteiger partial charge in [-0.2, -0.15) is 0 Å². The van der Waals surface area contributed by atoms with E-state index in [9.17, 15) is 58.9 Å². The van der Waals surface area contributed by atoms with Crippen molar-refractivity contribution >= 4 is 80.1 Å². The largest absolute Gasteiger partial charge is 0.508 e. The first kappa shape index (κ1) is 85.4. The highest BCUT2D eigenvalue weighted by Crippen LogP contribution is 2.58. The zero-order valence-electron chi connectivity index (χ0n) is 64.8. The Morgan fingerprint density at radius 2 is 1.29 bits per heavy atom. The molecule has 6 aliphatic heterocycles. The number of halogens is 2. The number of phenols is 3. The van der Waals surface area contributed by atoms with E-state index in [1.807, 2.05) is 18.6 Å². The van der Waals surface area contributed by atoms with Crippen LogP contribution in [-0.4, -0.2) is 152 Å². The van der Waals surface area contributed by atoms with E-state index in [0.717, 1.165) is 94.2 Å². The number of sulfonamides is 1. The highest BCUT2D eigenvalue weighted by Gasteiger charge is 2.51. The number of hydrogen-bond donors (Lipinski definition) is 14. The second-order valence-corrected chi connectivity index (χ2v) is 34.9. The monoisotopic (exact) mass is 1670 g/mol. The van der Waals surface area contributed by atoms with Gasteiger partial charge >= 0.3 is 0 Å². The summed E-state index contributed by atoms with van der Waals surface area (Å²) in [7, 11) is -4.84. The molecule has 5 fully saturated rings. The number of aromatic hydroxyl groups is 3. The molecule has 4 aliphatic carbocycles. The lowest BCUT2D eigenvalue weighted by Crippen LogP contribution is -2.60. The summed E-state index contributed by atoms with van der Waals surface area (Å²) in [5, 5.41) is 105. The Hall–Kier alpha value is -9.47. The Bertz CT molecular complexity index is 4890. The van der Waals surface area contributed by atoms with Crippen LogP contribution >= 0.6 is 23.2 Å². The number of benzene rings is 6. The molecule has 29 nitrogen and oxygen atoms in total. The molecule has 0 aromatic heterocycles. The number of carbonyl (C=O) groups is 8. The predicted molar refractivity (Wildman–Crippen MR) is 423 cm³/mol. The number of phenolic OH excluding ortho intramolecular Hbond substituents is 3. The van der Waals surface area contributed by atoms with Gasteiger partial charge in [0.05, 0.1) is 33.4 Å². The lowest BCUT2D eigenvalue weighted by Gasteiger charge is -2.54. The van der Waals surface area contributed by atoms with Gasteiger partial charge in [-0.05, 0) is 194 Å². The lowest BCUT2D eigenvalue weighted by molar-refractivity contribution is -0.270. The summed E-state index contributed by atoms with van der Waals surface area (Å²) in [5.74, 6) is -16.3. The van der Waals surface area contributed by atoms with Crippen molar-refractivity contribution in [2.75, 3.05) is 13.2 Å². The number of carbonyl (C=O) groups excluding carboxylic acids is 8. The normalized spacial score (nSPS) is 28.0. The molecule has 6 aromatic carbocycles. The fraction of sp³-hybridized carbons (Fsp3) is 0.482. The van der Waals surface area contributed by atoms with Gasteiger partial charge in [0.2, 0.25) is 41.6 Å². The SMILES string of the molecule is CCCCCCOc1ccc(S(=O)(=O)NC(=O)C[C@@H]2CC(=O)[C@H](NC(=O)[C@H](CC)CC(C)C)[C@H](O)c3ccc(c(Cl)c3)Oc3cc4cc(c3O[C@@H]3O[C@H](CN)[C@@H](O)[C@H](O)[C@H]3O)Oc3ccc(cc3Cl)[C@@H](O)[C@@H]3NC(=O)[C@H](CC(=O)[C@@H]4NC2=O)c2ccc(O)c(c2)-c2c(O)cc(O)cc2[C@@H](C(=O)CC2C4CC5CC(C4)CC2C5)NC3=O)cc1. The Kier molecular flexibility index (Phi) is 26.3. The van der Waals surface area contributed by atoms with Crippen LogP contribution in [0.25, 0.3) is 11.1 Å². The first-order valence-electron chi connectivity index (χ1n) is 39.8. The van der Waals surface area contributed by atoms with Crippen molar-refractivity contribution < 1.29 is 111 Å². The average Bonchev–Trinajstić information content (AvgIpc) is 0.756. The van der Waals surface area contributed by atoms with Crippen LogP contribution in [0.1, 0.15) is 182 Å². The summed E-state index contributed by atoms with van der Waals surface area (Å²) in [6.07, 6.45) is -8.12. The molecule has 5 amide bonds. The van der Waals surface area contributed by atoms with Gasteiger partial charge in [-0.15, -0.1) is 0 Å². The lowest BCUT2D eigenvalue weighted by atomic mass is 9.51. The van der Waals surface area contributed by atoms with E-state index >= 15 is 28.8 Å². The number of amides is 5. The molecular formula is C85H98Cl2N6O23S. The van der Waals surface area contributed by atoms with Crippen LogP contribution in [0.5, 0.6) is 51.7 Å². The molecule has 1 saturated heterocycles. The minimum absolute atomic E-state index is 0.0557. The third kappa shape index (κ3) is 18.7. The molecular weight excluding hydrogens is 1580 g/mol. The number of hydrogen-bond acceptors (Lipinski definition) is 24. The van der Waals surface area contributed by atoms with E-state index in [1.165, 1.54) is 66.7 Å². The van der Waals surface area contributed by atoms with Gasteiger partial charge in [-0.3, -0.25) is 38.4 Å². The number of aliphatic hydroxyl groups excluding tert-OH is 5. The van der Waals surface area contributed by atoms with E-state index in [0.29, 0.717) is 30.6 Å². The predicted octanol–water partition coefficient (Wildman–Crippen LogP) is 9.18. The zero-order chi connectivity index (χ0) is 83.7. The minimum atomic E-state index is -4.84. The highest BCUT2D eigenvalue weighted by atomic mass is 35.5. The molecule has 32 heteroatoms. The summed E-state index contributed by atoms with van der Waals surface area (Å²) >= 11 is 14.3. The van der Waals surface area contributed by atoms with Crippen LogP contribution in [0.15, 0.2) is 108 Å². The van der Waals surface area contributed by atoms with Gasteiger partial charge in [0, 0.05) is 55.3 Å². The molecule has 16 rings (SSSR count). The summed E-state index contributed by atoms with van der Waals surface area (Å²) in [6, 6.07) is 12.0. The van der Waals surface area contributed by atoms with E-state index < -0.39 is 213 Å². The van der Waals surface area contributed by atoms with Gasteiger partial charge in [0.1, 0.15) is 95.3 Å². The van der Waals surface area contributed by atoms with Crippen molar-refractivity contribution in [2.45, 2.75) is 202 Å². The number of fused-ring (bicyclic) bond motifs is 15. The Balaban J connectivity index is 0.989. The second-order valence-electron chi connectivity index (χ2n) is 32.5. The molecule has 15 N–H and O–H groups in total. The molecule has 117 heavy (non-hydrogen) atoms. The fourth-order valence-electron chi connectivity index (χ4n) is 18.0. The maximum Gasteiger partial charge on any atom is 0.264 e. The van der Waals surface area contributed by atoms with Crippen molar-refractivity contribution in [3.8, 4) is 62.9 Å². The molecule has 0 spiro atoms. The van der Waals surface area contributed by atoms with Crippen LogP contribution < -0.4 is 50.7 Å². The van der Waals surface area contributed by atoms with Crippen molar-refractivity contribution in [1.82, 2.24) is 26.0 Å². The quantitative estimate of drug-likeness (QED) is 0.0298. The summed E-state index contributed by atoms with van der Waals surface area (Å²) < 4.78 is 62.1. The van der Waals surface area contributed by atoms with Crippen LogP contribution in [0.4, 0.5) is 0 Å². The molecule has 4 saturated carbocycles. The molecule has 626 valence electrons. The van der Waals surface area contributed by atoms with Gasteiger partial charge in [0.25, 0.3) is 10.0 Å². The zero-order valence-corrected chi connectivity index (χ0v) is 67.2. The smallest absolute Gasteiger partial charge is 0.264 e. The van der Waals surface area contributed by atoms with Crippen LogP contribution in [0, 0.1) is 47.3 Å². The maximum atomic E-state index is 16.6. The number of aliphatic hydroxyl groups is 5. The Morgan fingerprint density at radius 1 is 0.650 bits per heavy atom. The number of ether oxygens (including phenoxy) is 5. The second kappa shape index (κ2) is 36.0. The van der Waals surface area contributed by atoms with Crippen LogP contribution in [-0.2, 0) is 53.1 Å². The van der Waals surface area contributed by atoms with Crippen molar-refractivity contribution in [3.63, 3.8) is 0 Å². The van der Waals surface area contributed by atoms with Gasteiger partial charge in [-0.1, -0.05) is 88.4 Å². The molecule has 0 radical (unpaired) electrons. The maximum absolute atomic E-state index is 16.6. The first-order valence-corrected chi connectivity index (χ1v) is 42.0. The Morgan fingerprint density at radius 3 is 1.91 bits per heavy atom. The third-order valence-electron chi connectivity index (χ3n) is 23.9. The van der Waals surface area contributed by atoms with E-state index in [1.54, 1.807) is 6.92 Å². The number of unbranched alkanes of at least 4 members (excludes halogenated alkanes) is 3. The topological polar surface area (TPSA) is 465 Å². The van der Waals surface area contributed by atoms with Gasteiger partial charge in [-0.25, -0.2) is 13.1 Å². The van der Waals surface area contributed by atoms with Gasteiger partial charge < -0.3 is 91.5 Å². The van der Waals surface area contributed by atoms with Crippen LogP contribution in [0.2, 0.25) is 10.0 Å². The van der Waals surface area contributed by atoms with Crippen molar-refractivity contribution in [2.24, 2.45) is 53.1 Å². The standard InChI is InChI=1S/C85H98Cl2N6O23S/c1-5-7-8-9-20-112-51-13-15-52(16-14-51)117(110,111)93-69(100)33-49-30-61(97)73(91-81(106)42(6-2)21-39(3)4)75(101)44-11-18-64(57(86)28-44)113-66-31-48-32-67(80(66)116-85-79(105)78(104)77(103)68(38-88)115-85)114-65-19-12-45(29-58(65)87)76(102)74-84(109)90-72(63(99)36-53-46-23-40-22-41(25-46)26-47(53)24-40)56-34-50(94)35-60(96)70(56)55-27-43(10-17-59(55)95)54(83(108)92-74)37-62(98)71(48)89-82(49)107/h10-19,27-29,31-32,34-35,39-42,46-47,49,53-54,68,71-79,85,94-96,101-105H,5-9,20-26,30,33,36-38,88H2,1-4H3,(H,89,107)(H,90,109)(H,91,106)(H,92,108)(H,93,100)/t40?,41?,42-,46?,47?,49+,53?,54-,68-,71-,72+,73+,74+,75-,76-,77-,78+,79-,85+/m1/s1. The van der Waals surface area contributed by atoms with Crippen molar-refractivity contribution in [3.05, 3.63) is 141 Å². The number of rotatable bonds is 21. The fourth-order valence-corrected chi connectivity index (χ4v) is 19.4. The molecule has 14 atom stereocenters. The van der Waals surface area contributed by atoms with Crippen LogP contribution in [0.3, 0.4) is 0 Å². The summed E-state index contributed by atoms with van der Waals surface area (Å²) in [4.78, 5) is 124. The molecule has 10 aliphatic rings. The number of nitrogens with two attached hydrogens (primary N) is 1. The number of Topliss-reactive ketones (excluding diaryl/α,β-unsaturated/α-hetero) is 3. The first-order chi connectivity index (χ1) is 55.8. The van der Waals surface area contributed by atoms with Gasteiger partial charge in [0.15, 0.2) is 28.8 Å². The van der Waals surface area contributed by atoms with E-state index in [-0.39, 0.29) is 91.4 Å². The third-order valence-corrected chi connectivity index (χ3v) is 25.8. The number of ketones is 3. The minimum Gasteiger partial charge on any atom is -0.508 e.